The van der Waals surface area contributed by atoms with Crippen LogP contribution in [-0.4, -0.2) is 12.2 Å². The molecule has 1 aliphatic heterocycles. The van der Waals surface area contributed by atoms with E-state index in [0.29, 0.717) is 23.0 Å². The van der Waals surface area contributed by atoms with Crippen molar-refractivity contribution in [3.05, 3.63) is 0 Å². The van der Waals surface area contributed by atoms with Gasteiger partial charge >= 0.3 is 0 Å². The lowest BCUT2D eigenvalue weighted by Gasteiger charge is -2.42. The summed E-state index contributed by atoms with van der Waals surface area (Å²) >= 11 is 0. The van der Waals surface area contributed by atoms with Crippen molar-refractivity contribution in [2.45, 2.75) is 73.0 Å². The molecule has 0 aromatic carbocycles. The van der Waals surface area contributed by atoms with E-state index in [1.807, 2.05) is 0 Å². The average molecular weight is 198 g/mol. The zero-order chi connectivity index (χ0) is 11.0. The molecule has 0 aromatic rings. The highest BCUT2D eigenvalue weighted by Gasteiger charge is 2.36. The van der Waals surface area contributed by atoms with Gasteiger partial charge in [0, 0.05) is 0 Å². The van der Waals surface area contributed by atoms with Crippen LogP contribution in [0, 0.1) is 10.8 Å². The maximum Gasteiger partial charge on any atom is 0.0627 e. The minimum Gasteiger partial charge on any atom is -0.374 e. The molecule has 0 aliphatic carbocycles. The van der Waals surface area contributed by atoms with E-state index in [-0.39, 0.29) is 0 Å². The summed E-state index contributed by atoms with van der Waals surface area (Å²) in [4.78, 5) is 0. The second kappa shape index (κ2) is 3.84. The molecule has 1 rings (SSSR count). The molecule has 0 amide bonds. The molecule has 14 heavy (non-hydrogen) atoms. The van der Waals surface area contributed by atoms with Crippen molar-refractivity contribution >= 4 is 0 Å². The first-order valence-electron chi connectivity index (χ1n) is 5.87. The van der Waals surface area contributed by atoms with Gasteiger partial charge in [0.1, 0.15) is 0 Å². The summed E-state index contributed by atoms with van der Waals surface area (Å²) in [7, 11) is 0. The fraction of sp³-hybridized carbons (Fsp3) is 1.00. The monoisotopic (exact) mass is 198 g/mol. The third-order valence-electron chi connectivity index (χ3n) is 3.19. The zero-order valence-electron chi connectivity index (χ0n) is 10.7. The van der Waals surface area contributed by atoms with Crippen LogP contribution in [0.3, 0.4) is 0 Å². The summed E-state index contributed by atoms with van der Waals surface area (Å²) < 4.78 is 6.22. The molecule has 0 spiro atoms. The Morgan fingerprint density at radius 3 is 1.43 bits per heavy atom. The van der Waals surface area contributed by atoms with Gasteiger partial charge in [-0.1, -0.05) is 41.5 Å². The van der Waals surface area contributed by atoms with E-state index in [2.05, 4.69) is 41.5 Å². The van der Waals surface area contributed by atoms with Crippen molar-refractivity contribution in [1.29, 1.82) is 0 Å². The fourth-order valence-electron chi connectivity index (χ4n) is 2.10. The molecule has 0 saturated carbocycles. The molecule has 1 fully saturated rings. The molecule has 0 N–H and O–H groups in total. The predicted molar refractivity (Wildman–Crippen MR) is 61.4 cm³/mol. The van der Waals surface area contributed by atoms with Gasteiger partial charge in [-0.25, -0.2) is 0 Å². The van der Waals surface area contributed by atoms with Crippen molar-refractivity contribution < 1.29 is 4.74 Å². The van der Waals surface area contributed by atoms with E-state index in [0.717, 1.165) is 0 Å². The SMILES string of the molecule is CC(C)(C)C1CCCC(C(C)(C)C)O1. The van der Waals surface area contributed by atoms with Crippen LogP contribution in [0.5, 0.6) is 0 Å². The quantitative estimate of drug-likeness (QED) is 0.571. The number of hydrogen-bond acceptors (Lipinski definition) is 1. The van der Waals surface area contributed by atoms with Gasteiger partial charge < -0.3 is 4.74 Å². The van der Waals surface area contributed by atoms with Crippen LogP contribution in [0.1, 0.15) is 60.8 Å². The second-order valence-electron chi connectivity index (χ2n) is 6.78. The Labute approximate surface area is 89.2 Å². The molecular weight excluding hydrogens is 172 g/mol. The van der Waals surface area contributed by atoms with Crippen molar-refractivity contribution in [1.82, 2.24) is 0 Å². The van der Waals surface area contributed by atoms with Gasteiger partial charge in [0.25, 0.3) is 0 Å². The Morgan fingerprint density at radius 1 is 0.786 bits per heavy atom. The Kier molecular flexibility index (Phi) is 3.30. The first-order valence-corrected chi connectivity index (χ1v) is 5.87. The molecule has 1 heteroatoms. The molecule has 1 aliphatic rings. The number of hydrogen-bond donors (Lipinski definition) is 0. The highest BCUT2D eigenvalue weighted by Crippen LogP contribution is 2.37. The Hall–Kier alpha value is -0.0400. The minimum absolute atomic E-state index is 0.296. The van der Waals surface area contributed by atoms with E-state index >= 15 is 0 Å². The summed E-state index contributed by atoms with van der Waals surface area (Å²) in [6, 6.07) is 0. The van der Waals surface area contributed by atoms with Crippen LogP contribution in [0.25, 0.3) is 0 Å². The van der Waals surface area contributed by atoms with Gasteiger partial charge in [0.15, 0.2) is 0 Å². The maximum atomic E-state index is 6.22. The largest absolute Gasteiger partial charge is 0.374 e. The van der Waals surface area contributed by atoms with Crippen LogP contribution >= 0.6 is 0 Å². The van der Waals surface area contributed by atoms with Crippen LogP contribution in [0.4, 0.5) is 0 Å². The molecule has 1 saturated heterocycles. The fourth-order valence-corrected chi connectivity index (χ4v) is 2.10. The van der Waals surface area contributed by atoms with E-state index in [1.165, 1.54) is 19.3 Å². The summed E-state index contributed by atoms with van der Waals surface area (Å²) in [6.45, 7) is 13.7. The molecule has 2 unspecified atom stereocenters. The molecule has 1 heterocycles. The lowest BCUT2D eigenvalue weighted by Crippen LogP contribution is -2.42. The highest BCUT2D eigenvalue weighted by atomic mass is 16.5. The summed E-state index contributed by atoms with van der Waals surface area (Å²) in [5.74, 6) is 0. The van der Waals surface area contributed by atoms with E-state index in [1.54, 1.807) is 0 Å². The van der Waals surface area contributed by atoms with Crippen molar-refractivity contribution in [2.75, 3.05) is 0 Å². The molecule has 0 aromatic heterocycles. The van der Waals surface area contributed by atoms with Crippen LogP contribution in [0.15, 0.2) is 0 Å². The van der Waals surface area contributed by atoms with Gasteiger partial charge in [-0.15, -0.1) is 0 Å². The van der Waals surface area contributed by atoms with Gasteiger partial charge in [-0.3, -0.25) is 0 Å². The predicted octanol–water partition coefficient (Wildman–Crippen LogP) is 4.02. The molecule has 1 nitrogen and oxygen atoms in total. The zero-order valence-corrected chi connectivity index (χ0v) is 10.7. The first kappa shape index (κ1) is 12.0. The van der Waals surface area contributed by atoms with Gasteiger partial charge in [0.2, 0.25) is 0 Å². The maximum absolute atomic E-state index is 6.22. The van der Waals surface area contributed by atoms with E-state index < -0.39 is 0 Å². The number of ether oxygens (including phenoxy) is 1. The Balaban J connectivity index is 2.61. The first-order chi connectivity index (χ1) is 6.21. The summed E-state index contributed by atoms with van der Waals surface area (Å²) in [5, 5.41) is 0. The van der Waals surface area contributed by atoms with Crippen LogP contribution in [-0.2, 0) is 4.74 Å². The third kappa shape index (κ3) is 2.98. The number of rotatable bonds is 0. The molecule has 0 radical (unpaired) electrons. The lowest BCUT2D eigenvalue weighted by atomic mass is 9.79. The van der Waals surface area contributed by atoms with Crippen LogP contribution < -0.4 is 0 Å². The van der Waals surface area contributed by atoms with E-state index in [4.69, 9.17) is 4.74 Å². The van der Waals surface area contributed by atoms with Gasteiger partial charge in [0.05, 0.1) is 12.2 Å². The van der Waals surface area contributed by atoms with Gasteiger partial charge in [-0.2, -0.15) is 0 Å². The summed E-state index contributed by atoms with van der Waals surface area (Å²) in [6.07, 6.45) is 4.68. The molecule has 2 atom stereocenters. The molecular formula is C13H26O. The van der Waals surface area contributed by atoms with Crippen LogP contribution in [0.2, 0.25) is 0 Å². The van der Waals surface area contributed by atoms with Gasteiger partial charge in [-0.05, 0) is 30.1 Å². The smallest absolute Gasteiger partial charge is 0.0627 e. The Bertz CT molecular complexity index is 162. The topological polar surface area (TPSA) is 9.23 Å². The highest BCUT2D eigenvalue weighted by molar-refractivity contribution is 4.85. The third-order valence-corrected chi connectivity index (χ3v) is 3.19. The van der Waals surface area contributed by atoms with Crippen molar-refractivity contribution in [3.63, 3.8) is 0 Å². The average Bonchev–Trinajstić information content (AvgIpc) is 2.01. The molecule has 84 valence electrons. The Morgan fingerprint density at radius 2 is 1.14 bits per heavy atom. The van der Waals surface area contributed by atoms with Crippen molar-refractivity contribution in [2.24, 2.45) is 10.8 Å². The van der Waals surface area contributed by atoms with Crippen molar-refractivity contribution in [3.8, 4) is 0 Å². The lowest BCUT2D eigenvalue weighted by molar-refractivity contribution is -0.135. The normalized spacial score (nSPS) is 30.4. The molecule has 0 bridgehead atoms. The summed E-state index contributed by atoms with van der Waals surface area (Å²) in [5.41, 5.74) is 0.591. The minimum atomic E-state index is 0.296. The standard InChI is InChI=1S/C13H26O/c1-12(2,3)10-8-7-9-11(14-10)13(4,5)6/h10-11H,7-9H2,1-6H3. The second-order valence-corrected chi connectivity index (χ2v) is 6.78. The van der Waals surface area contributed by atoms with E-state index in [9.17, 15) is 0 Å².